The molecule has 0 aliphatic heterocycles. The van der Waals surface area contributed by atoms with Crippen molar-refractivity contribution < 1.29 is 0 Å². The molecule has 0 saturated heterocycles. The van der Waals surface area contributed by atoms with Crippen LogP contribution in [0, 0.1) is 5.92 Å². The van der Waals surface area contributed by atoms with Crippen LogP contribution < -0.4 is 0 Å². The van der Waals surface area contributed by atoms with Crippen molar-refractivity contribution in [1.29, 1.82) is 0 Å². The van der Waals surface area contributed by atoms with Crippen molar-refractivity contribution in [3.05, 3.63) is 40.8 Å². The van der Waals surface area contributed by atoms with Gasteiger partial charge in [-0.2, -0.15) is 0 Å². The van der Waals surface area contributed by atoms with Gasteiger partial charge in [0.05, 0.1) is 0 Å². The van der Waals surface area contributed by atoms with E-state index in [4.69, 9.17) is 0 Å². The Morgan fingerprint density at radius 2 is 1.59 bits per heavy atom. The van der Waals surface area contributed by atoms with Crippen LogP contribution in [0.3, 0.4) is 0 Å². The quantitative estimate of drug-likeness (QED) is 0.594. The third-order valence-electron chi connectivity index (χ3n) is 3.33. The normalized spacial score (nSPS) is 11.1. The van der Waals surface area contributed by atoms with Crippen LogP contribution in [0.5, 0.6) is 0 Å². The molecule has 0 aromatic heterocycles. The van der Waals surface area contributed by atoms with Crippen LogP contribution in [0.15, 0.2) is 18.2 Å². The van der Waals surface area contributed by atoms with Crippen LogP contribution >= 0.6 is 0 Å². The van der Waals surface area contributed by atoms with Crippen LogP contribution in [-0.2, 0) is 12.8 Å². The predicted octanol–water partition coefficient (Wildman–Crippen LogP) is 5.33. The molecular weight excluding hydrogens is 204 g/mol. The van der Waals surface area contributed by atoms with Crippen molar-refractivity contribution in [3.8, 4) is 0 Å². The van der Waals surface area contributed by atoms with Gasteiger partial charge in [0, 0.05) is 0 Å². The molecule has 1 aromatic rings. The number of hydrogen-bond donors (Lipinski definition) is 0. The Balaban J connectivity index is 2.84. The van der Waals surface area contributed by atoms with Gasteiger partial charge in [-0.15, -0.1) is 0 Å². The third-order valence-corrected chi connectivity index (χ3v) is 3.33. The van der Waals surface area contributed by atoms with Gasteiger partial charge < -0.3 is 0 Å². The molecule has 0 atom stereocenters. The monoisotopic (exact) mass is 231 g/mol. The van der Waals surface area contributed by atoms with Gasteiger partial charge in [0.2, 0.25) is 0 Å². The minimum atomic E-state index is 1.23. The second-order valence-corrected chi connectivity index (χ2v) is 5.20. The summed E-state index contributed by atoms with van der Waals surface area (Å²) in [6.07, 6.45) is 7.64. The molecule has 0 bridgehead atoms. The van der Waals surface area contributed by atoms with Gasteiger partial charge in [0.25, 0.3) is 0 Å². The topological polar surface area (TPSA) is 0 Å². The maximum Gasteiger partial charge on any atom is -0.000922 e. The van der Waals surface area contributed by atoms with Crippen molar-refractivity contribution in [2.24, 2.45) is 0 Å². The summed E-state index contributed by atoms with van der Waals surface area (Å²) in [5.74, 6) is 1.44. The fraction of sp³-hybridized carbons (Fsp3) is 0.588. The highest BCUT2D eigenvalue weighted by Gasteiger charge is 2.07. The predicted molar refractivity (Wildman–Crippen MR) is 77.4 cm³/mol. The molecule has 1 rings (SSSR count). The van der Waals surface area contributed by atoms with E-state index in [1.165, 1.54) is 55.6 Å². The molecule has 0 unspecified atom stereocenters. The van der Waals surface area contributed by atoms with E-state index >= 15 is 0 Å². The highest BCUT2D eigenvalue weighted by Crippen LogP contribution is 2.22. The zero-order valence-electron chi connectivity index (χ0n) is 12.0. The Bertz CT molecular complexity index is 323. The van der Waals surface area contributed by atoms with E-state index in [-0.39, 0.29) is 0 Å². The third kappa shape index (κ3) is 4.53. The first-order valence-corrected chi connectivity index (χ1v) is 7.11. The summed E-state index contributed by atoms with van der Waals surface area (Å²) in [7, 11) is 0. The second-order valence-electron chi connectivity index (χ2n) is 5.20. The molecule has 0 aliphatic rings. The smallest absolute Gasteiger partial charge is 0.000922 e. The molecule has 0 heterocycles. The lowest BCUT2D eigenvalue weighted by Crippen LogP contribution is -1.99. The average molecular weight is 231 g/mol. The summed E-state index contributed by atoms with van der Waals surface area (Å²) in [6.45, 7) is 8.96. The van der Waals surface area contributed by atoms with E-state index in [2.05, 4.69) is 45.9 Å². The molecule has 1 radical (unpaired) electrons. The number of rotatable bonds is 7. The highest BCUT2D eigenvalue weighted by atomic mass is 14.1. The Morgan fingerprint density at radius 3 is 2.18 bits per heavy atom. The van der Waals surface area contributed by atoms with E-state index in [9.17, 15) is 0 Å². The number of benzene rings is 1. The molecule has 0 nitrogen and oxygen atoms in total. The average Bonchev–Trinajstić information content (AvgIpc) is 2.33. The summed E-state index contributed by atoms with van der Waals surface area (Å²) in [6, 6.07) is 7.08. The number of aryl methyl sites for hydroxylation is 2. The van der Waals surface area contributed by atoms with Crippen LogP contribution in [0.1, 0.15) is 70.1 Å². The SMILES string of the molecule is CCCCc1ccc([C](C)C)c(CCCC)c1. The molecule has 95 valence electrons. The maximum atomic E-state index is 2.44. The van der Waals surface area contributed by atoms with E-state index in [1.807, 2.05) is 0 Å². The molecule has 0 N–H and O–H groups in total. The Labute approximate surface area is 107 Å². The Kier molecular flexibility index (Phi) is 6.32. The van der Waals surface area contributed by atoms with Crippen molar-refractivity contribution in [1.82, 2.24) is 0 Å². The largest absolute Gasteiger partial charge is 0.0654 e. The summed E-state index contributed by atoms with van der Waals surface area (Å²) >= 11 is 0. The van der Waals surface area contributed by atoms with E-state index in [0.29, 0.717) is 0 Å². The van der Waals surface area contributed by atoms with Gasteiger partial charge in [-0.25, -0.2) is 0 Å². The van der Waals surface area contributed by atoms with Crippen LogP contribution in [0.4, 0.5) is 0 Å². The van der Waals surface area contributed by atoms with E-state index in [0.717, 1.165) is 0 Å². The molecule has 0 saturated carbocycles. The van der Waals surface area contributed by atoms with E-state index in [1.54, 1.807) is 5.56 Å². The molecule has 0 heteroatoms. The van der Waals surface area contributed by atoms with Gasteiger partial charge in [-0.1, -0.05) is 58.7 Å². The van der Waals surface area contributed by atoms with Crippen molar-refractivity contribution >= 4 is 0 Å². The highest BCUT2D eigenvalue weighted by molar-refractivity contribution is 5.40. The van der Waals surface area contributed by atoms with Gasteiger partial charge >= 0.3 is 0 Å². The van der Waals surface area contributed by atoms with Gasteiger partial charge in [0.1, 0.15) is 0 Å². The molecule has 0 fully saturated rings. The van der Waals surface area contributed by atoms with Gasteiger partial charge in [-0.05, 0) is 48.3 Å². The molecule has 17 heavy (non-hydrogen) atoms. The van der Waals surface area contributed by atoms with Crippen molar-refractivity contribution in [2.75, 3.05) is 0 Å². The summed E-state index contributed by atoms with van der Waals surface area (Å²) < 4.78 is 0. The van der Waals surface area contributed by atoms with E-state index < -0.39 is 0 Å². The standard InChI is InChI=1S/C17H27/c1-5-7-9-15-11-12-17(14(3)4)16(13-15)10-8-6-2/h11-13H,5-10H2,1-4H3. The second kappa shape index (κ2) is 7.53. The molecular formula is C17H27. The first-order chi connectivity index (χ1) is 8.19. The lowest BCUT2D eigenvalue weighted by Gasteiger charge is -2.14. The first kappa shape index (κ1) is 14.3. The van der Waals surface area contributed by atoms with Crippen LogP contribution in [0.25, 0.3) is 0 Å². The molecule has 0 spiro atoms. The fourth-order valence-corrected chi connectivity index (χ4v) is 2.25. The van der Waals surface area contributed by atoms with Gasteiger partial charge in [-0.3, -0.25) is 0 Å². The molecule has 1 aromatic carbocycles. The lowest BCUT2D eigenvalue weighted by atomic mass is 9.91. The summed E-state index contributed by atoms with van der Waals surface area (Å²) in [5, 5.41) is 0. The number of unbranched alkanes of at least 4 members (excludes halogenated alkanes) is 2. The lowest BCUT2D eigenvalue weighted by molar-refractivity contribution is 0.776. The van der Waals surface area contributed by atoms with Crippen LogP contribution in [-0.4, -0.2) is 0 Å². The summed E-state index contributed by atoms with van der Waals surface area (Å²) in [5.41, 5.74) is 4.54. The Morgan fingerprint density at radius 1 is 0.941 bits per heavy atom. The van der Waals surface area contributed by atoms with Crippen LogP contribution in [0.2, 0.25) is 0 Å². The fourth-order valence-electron chi connectivity index (χ4n) is 2.25. The van der Waals surface area contributed by atoms with Crippen molar-refractivity contribution in [3.63, 3.8) is 0 Å². The molecule has 0 aliphatic carbocycles. The number of hydrogen-bond acceptors (Lipinski definition) is 0. The minimum absolute atomic E-state index is 1.23. The zero-order valence-corrected chi connectivity index (χ0v) is 12.0. The molecule has 0 amide bonds. The minimum Gasteiger partial charge on any atom is -0.0654 e. The summed E-state index contributed by atoms with van der Waals surface area (Å²) in [4.78, 5) is 0. The van der Waals surface area contributed by atoms with Gasteiger partial charge in [0.15, 0.2) is 0 Å². The van der Waals surface area contributed by atoms with Crippen molar-refractivity contribution in [2.45, 2.75) is 66.2 Å². The maximum absolute atomic E-state index is 2.44. The Hall–Kier alpha value is -0.780. The first-order valence-electron chi connectivity index (χ1n) is 7.11. The zero-order chi connectivity index (χ0) is 12.7.